The molecule has 2 saturated heterocycles. The van der Waals surface area contributed by atoms with Crippen molar-refractivity contribution in [2.75, 3.05) is 61.9 Å². The third kappa shape index (κ3) is 20.4. The van der Waals surface area contributed by atoms with E-state index in [2.05, 4.69) is 21.3 Å². The number of hydrogen-bond donors (Lipinski definition) is 5. The lowest BCUT2D eigenvalue weighted by Gasteiger charge is -2.38. The second kappa shape index (κ2) is 34.8. The number of aliphatic hydroxyl groups excluding tert-OH is 1. The number of ketones is 1. The minimum atomic E-state index is -1.67. The number of carbonyl (C=O) groups is 11. The van der Waals surface area contributed by atoms with Gasteiger partial charge >= 0.3 is 0 Å². The maximum absolute atomic E-state index is 15.0. The number of carbonyl (C=O) groups excluding carboxylic acids is 11. The number of rotatable bonds is 13. The number of benzene rings is 2. The van der Waals surface area contributed by atoms with Crippen molar-refractivity contribution in [3.63, 3.8) is 0 Å². The van der Waals surface area contributed by atoms with E-state index in [0.717, 1.165) is 16.9 Å². The van der Waals surface area contributed by atoms with Crippen LogP contribution in [0.3, 0.4) is 0 Å². The minimum Gasteiger partial charge on any atom is -0.391 e. The molecule has 2 aromatic carbocycles. The molecule has 2 fully saturated rings. The highest BCUT2D eigenvalue weighted by Gasteiger charge is 2.43. The molecule has 23 nitrogen and oxygen atoms in total. The minimum absolute atomic E-state index is 0.0664. The molecule has 2 aliphatic rings. The second-order valence-corrected chi connectivity index (χ2v) is 26.2. The Morgan fingerprint density at radius 3 is 1.41 bits per heavy atom. The van der Waals surface area contributed by atoms with Crippen molar-refractivity contribution in [2.45, 2.75) is 200 Å². The van der Waals surface area contributed by atoms with Crippen molar-refractivity contribution in [3.8, 4) is 0 Å². The number of amides is 10. The van der Waals surface area contributed by atoms with Crippen LogP contribution in [0.15, 0.2) is 60.7 Å². The predicted octanol–water partition coefficient (Wildman–Crippen LogP) is 3.05. The molecule has 2 aliphatic heterocycles. The first-order chi connectivity index (χ1) is 42.2. The number of hydrogen-bond acceptors (Lipinski definition) is 13. The van der Waals surface area contributed by atoms with E-state index in [1.807, 2.05) is 65.0 Å². The Morgan fingerprint density at radius 2 is 0.933 bits per heavy atom. The van der Waals surface area contributed by atoms with E-state index in [-0.39, 0.29) is 44.1 Å². The Morgan fingerprint density at radius 1 is 0.511 bits per heavy atom. The molecule has 0 saturated carbocycles. The van der Waals surface area contributed by atoms with Crippen LogP contribution in [0.25, 0.3) is 0 Å². The summed E-state index contributed by atoms with van der Waals surface area (Å²) in [5.41, 5.74) is 1.37. The molecule has 23 heteroatoms. The number of likely N-dealkylation sites (N-methyl/N-ethyl adjacent to an activating group) is 6. The van der Waals surface area contributed by atoms with Gasteiger partial charge in [-0.15, -0.1) is 0 Å². The molecular weight excluding hydrogens is 1150 g/mol. The molecule has 2 aromatic rings. The number of Topliss-reactive ketones (excluding diaryl/α,β-unsaturated/α-hetero) is 1. The Kier molecular flexibility index (Phi) is 29.1. The van der Waals surface area contributed by atoms with Gasteiger partial charge in [-0.25, -0.2) is 0 Å². The van der Waals surface area contributed by atoms with Crippen LogP contribution in [0, 0.1) is 23.7 Å². The van der Waals surface area contributed by atoms with Crippen molar-refractivity contribution < 1.29 is 57.8 Å². The standard InChI is InChI=1S/C67H105N11O12/c1-18-43(8)57-66(89)73(13)44(9)63(86)77(17)53(37-48-30-24-20-25-31-48)61(84)71-58(46(11)79)67(90)74(14)45(10)62(85)76(16)52(35-41(4)5)60(83)68-49(64(87)78-32-26-21-27-33-78)38-55(81)69-56(42(6)7)65(88)75(15)50(36-47-28-22-19-23-29-47)54(80)39-72(12)51(34-40(2)3)59(82)70-57/h19-20,22-25,28-31,40-46,49-53,56-58,79H,18,21,26-27,32-39H2,1-17H3,(H,68,83)(H,69,81)(H,70,82)(H,71,84)/t43?,44-,45-,46+,49-,50-,51-,52-,53-,56+,57-,58-/m0/s1. The summed E-state index contributed by atoms with van der Waals surface area (Å²) >= 11 is 0. The van der Waals surface area contributed by atoms with E-state index in [9.17, 15) is 53.1 Å². The van der Waals surface area contributed by atoms with Crippen LogP contribution in [0.2, 0.25) is 0 Å². The Balaban J connectivity index is 1.92. The van der Waals surface area contributed by atoms with E-state index in [1.54, 1.807) is 68.0 Å². The number of piperidine rings is 1. The zero-order valence-electron chi connectivity index (χ0n) is 56.5. The van der Waals surface area contributed by atoms with Crippen molar-refractivity contribution in [1.29, 1.82) is 0 Å². The lowest BCUT2D eigenvalue weighted by Crippen LogP contribution is -2.62. The maximum Gasteiger partial charge on any atom is 0.248 e. The average Bonchev–Trinajstić information content (AvgIpc) is 1.94. The zero-order chi connectivity index (χ0) is 67.6. The molecular formula is C67H105N11O12. The molecule has 4 rings (SSSR count). The van der Waals surface area contributed by atoms with Gasteiger partial charge in [0.2, 0.25) is 59.1 Å². The molecule has 90 heavy (non-hydrogen) atoms. The normalized spacial score (nSPS) is 26.7. The van der Waals surface area contributed by atoms with Crippen LogP contribution >= 0.6 is 0 Å². The van der Waals surface area contributed by atoms with E-state index in [0.29, 0.717) is 37.9 Å². The van der Waals surface area contributed by atoms with E-state index in [1.165, 1.54) is 75.6 Å². The van der Waals surface area contributed by atoms with Crippen LogP contribution in [0.1, 0.15) is 132 Å². The molecule has 0 aliphatic carbocycles. The fourth-order valence-corrected chi connectivity index (χ4v) is 11.6. The quantitative estimate of drug-likeness (QED) is 0.193. The van der Waals surface area contributed by atoms with Gasteiger partial charge in [0.1, 0.15) is 48.3 Å². The lowest BCUT2D eigenvalue weighted by atomic mass is 9.95. The molecule has 12 atom stereocenters. The van der Waals surface area contributed by atoms with Gasteiger partial charge in [0, 0.05) is 54.7 Å². The monoisotopic (exact) mass is 1260 g/mol. The van der Waals surface area contributed by atoms with Crippen LogP contribution in [-0.4, -0.2) is 233 Å². The van der Waals surface area contributed by atoms with Gasteiger partial charge in [0.15, 0.2) is 5.78 Å². The molecule has 1 unspecified atom stereocenters. The van der Waals surface area contributed by atoms with Gasteiger partial charge in [-0.05, 0) is 101 Å². The molecule has 0 spiro atoms. The van der Waals surface area contributed by atoms with Crippen LogP contribution in [-0.2, 0) is 65.6 Å². The van der Waals surface area contributed by atoms with Gasteiger partial charge < -0.3 is 55.8 Å². The zero-order valence-corrected chi connectivity index (χ0v) is 56.5. The Hall–Kier alpha value is -7.27. The molecule has 0 radical (unpaired) electrons. The highest BCUT2D eigenvalue weighted by atomic mass is 16.3. The fraction of sp³-hybridized carbons (Fsp3) is 0.657. The summed E-state index contributed by atoms with van der Waals surface area (Å²) < 4.78 is 0. The highest BCUT2D eigenvalue weighted by molar-refractivity contribution is 6.00. The molecule has 0 bridgehead atoms. The van der Waals surface area contributed by atoms with Crippen LogP contribution in [0.4, 0.5) is 0 Å². The first kappa shape index (κ1) is 75.2. The van der Waals surface area contributed by atoms with Gasteiger partial charge in [0.25, 0.3) is 0 Å². The van der Waals surface area contributed by atoms with Crippen molar-refractivity contribution >= 4 is 64.9 Å². The number of aliphatic hydroxyl groups is 1. The van der Waals surface area contributed by atoms with Crippen molar-refractivity contribution in [1.82, 2.24) is 55.6 Å². The van der Waals surface area contributed by atoms with Gasteiger partial charge in [-0.2, -0.15) is 0 Å². The van der Waals surface area contributed by atoms with Gasteiger partial charge in [-0.3, -0.25) is 57.6 Å². The van der Waals surface area contributed by atoms with E-state index in [4.69, 9.17) is 0 Å². The van der Waals surface area contributed by atoms with Crippen molar-refractivity contribution in [3.05, 3.63) is 71.8 Å². The van der Waals surface area contributed by atoms with E-state index >= 15 is 4.79 Å². The van der Waals surface area contributed by atoms with Gasteiger partial charge in [0.05, 0.1) is 31.2 Å². The lowest BCUT2D eigenvalue weighted by molar-refractivity contribution is -0.151. The molecule has 10 amide bonds. The largest absolute Gasteiger partial charge is 0.391 e. The molecule has 0 aromatic heterocycles. The summed E-state index contributed by atoms with van der Waals surface area (Å²) in [6.07, 6.45) is 0.883. The second-order valence-electron chi connectivity index (χ2n) is 26.2. The Labute approximate surface area is 534 Å². The summed E-state index contributed by atoms with van der Waals surface area (Å²) in [6, 6.07) is 5.15. The van der Waals surface area contributed by atoms with Gasteiger partial charge in [-0.1, -0.05) is 122 Å². The SMILES string of the molecule is CCC(C)[C@@H]1NC(=O)[C@H](CC(C)C)N(C)CC(=O)[C@H](Cc2ccccc2)N(C)C(=O)[C@@H](C(C)C)NC(=O)C[C@@H](C(=O)N2CCCCC2)NC(=O)[C@H](CC(C)C)N(C)C(=O)[C@H](C)N(C)C(=O)[C@H]([C@@H](C)O)NC(=O)[C@H](Cc2ccccc2)N(C)C(=O)[C@H](C)N(C)C1=O. The third-order valence-electron chi connectivity index (χ3n) is 17.9. The highest BCUT2D eigenvalue weighted by Crippen LogP contribution is 2.23. The third-order valence-corrected chi connectivity index (χ3v) is 17.9. The summed E-state index contributed by atoms with van der Waals surface area (Å²) in [7, 11) is 8.63. The molecule has 500 valence electrons. The molecule has 2 heterocycles. The maximum atomic E-state index is 15.0. The fourth-order valence-electron chi connectivity index (χ4n) is 11.6. The average molecular weight is 1260 g/mol. The van der Waals surface area contributed by atoms with Crippen LogP contribution in [0.5, 0.6) is 0 Å². The first-order valence-corrected chi connectivity index (χ1v) is 32.0. The summed E-state index contributed by atoms with van der Waals surface area (Å²) in [6.45, 7) is 19.3. The summed E-state index contributed by atoms with van der Waals surface area (Å²) in [4.78, 5) is 172. The summed E-state index contributed by atoms with van der Waals surface area (Å²) in [5, 5.41) is 22.5. The number of nitrogens with zero attached hydrogens (tertiary/aromatic N) is 7. The summed E-state index contributed by atoms with van der Waals surface area (Å²) in [5.74, 6) is -8.64. The number of likely N-dealkylation sites (tertiary alicyclic amines) is 1. The van der Waals surface area contributed by atoms with Crippen LogP contribution < -0.4 is 21.3 Å². The predicted molar refractivity (Wildman–Crippen MR) is 344 cm³/mol. The first-order valence-electron chi connectivity index (χ1n) is 32.0. The molecule has 5 N–H and O–H groups in total. The topological polar surface area (TPSA) is 279 Å². The van der Waals surface area contributed by atoms with E-state index < -0.39 is 150 Å². The van der Waals surface area contributed by atoms with Crippen molar-refractivity contribution in [2.24, 2.45) is 23.7 Å². The number of nitrogens with one attached hydrogen (secondary N) is 4. The Bertz CT molecular complexity index is 2780. The smallest absolute Gasteiger partial charge is 0.248 e.